The second-order valence-corrected chi connectivity index (χ2v) is 6.05. The van der Waals surface area contributed by atoms with Gasteiger partial charge in [-0.25, -0.2) is 14.2 Å². The summed E-state index contributed by atoms with van der Waals surface area (Å²) in [6, 6.07) is 19.4. The Kier molecular flexibility index (Phi) is 6.69. The molecule has 2 aromatic carbocycles. The van der Waals surface area contributed by atoms with E-state index in [2.05, 4.69) is 10.3 Å². The summed E-state index contributed by atoms with van der Waals surface area (Å²) in [7, 11) is 0. The van der Waals surface area contributed by atoms with Crippen molar-refractivity contribution in [2.24, 2.45) is 0 Å². The zero-order valence-corrected chi connectivity index (χ0v) is 15.8. The van der Waals surface area contributed by atoms with Crippen LogP contribution in [0.2, 0.25) is 0 Å². The van der Waals surface area contributed by atoms with Gasteiger partial charge in [0.25, 0.3) is 5.91 Å². The molecule has 8 heteroatoms. The first-order valence-electron chi connectivity index (χ1n) is 8.96. The lowest BCUT2D eigenvalue weighted by molar-refractivity contribution is -0.121. The third-order valence-electron chi connectivity index (χ3n) is 4.08. The number of carbonyl (C=O) groups excluding carboxylic acids is 2. The Labute approximate surface area is 172 Å². The number of esters is 1. The quantitative estimate of drug-likeness (QED) is 0.477. The summed E-state index contributed by atoms with van der Waals surface area (Å²) in [6.45, 7) is -0.753. The van der Waals surface area contributed by atoms with Crippen molar-refractivity contribution in [1.29, 1.82) is 5.26 Å². The van der Waals surface area contributed by atoms with Gasteiger partial charge in [0.15, 0.2) is 6.61 Å². The Balaban J connectivity index is 1.71. The number of anilines is 3. The highest BCUT2D eigenvalue weighted by Crippen LogP contribution is 2.21. The first-order valence-corrected chi connectivity index (χ1v) is 8.96. The largest absolute Gasteiger partial charge is 0.452 e. The van der Waals surface area contributed by atoms with Crippen LogP contribution in [-0.2, 0) is 9.53 Å². The van der Waals surface area contributed by atoms with Crippen molar-refractivity contribution in [3.63, 3.8) is 0 Å². The first-order chi connectivity index (χ1) is 14.6. The number of nitriles is 1. The monoisotopic (exact) mass is 404 g/mol. The van der Waals surface area contributed by atoms with E-state index in [9.17, 15) is 14.0 Å². The van der Waals surface area contributed by atoms with Gasteiger partial charge in [0.2, 0.25) is 0 Å². The van der Waals surface area contributed by atoms with Crippen LogP contribution in [-0.4, -0.2) is 30.0 Å². The summed E-state index contributed by atoms with van der Waals surface area (Å²) in [5, 5.41) is 11.8. The van der Waals surface area contributed by atoms with Gasteiger partial charge in [-0.1, -0.05) is 30.3 Å². The number of para-hydroxylation sites is 2. The van der Waals surface area contributed by atoms with Crippen LogP contribution >= 0.6 is 0 Å². The average molecular weight is 404 g/mol. The molecular weight excluding hydrogens is 387 g/mol. The molecule has 0 aliphatic heterocycles. The van der Waals surface area contributed by atoms with E-state index in [-0.39, 0.29) is 23.6 Å². The number of nitrogens with zero attached hydrogens (tertiary/aromatic N) is 3. The Morgan fingerprint density at radius 1 is 1.07 bits per heavy atom. The van der Waals surface area contributed by atoms with E-state index >= 15 is 0 Å². The smallest absolute Gasteiger partial charge is 0.342 e. The van der Waals surface area contributed by atoms with E-state index in [1.165, 1.54) is 35.4 Å². The second-order valence-electron chi connectivity index (χ2n) is 6.05. The van der Waals surface area contributed by atoms with Crippen LogP contribution in [0.3, 0.4) is 0 Å². The zero-order valence-electron chi connectivity index (χ0n) is 15.8. The van der Waals surface area contributed by atoms with Crippen molar-refractivity contribution in [3.8, 4) is 6.07 Å². The molecule has 30 heavy (non-hydrogen) atoms. The maximum atomic E-state index is 13.9. The zero-order chi connectivity index (χ0) is 21.3. The highest BCUT2D eigenvalue weighted by atomic mass is 19.1. The number of carbonyl (C=O) groups is 2. The minimum absolute atomic E-state index is 0.0418. The molecule has 0 fully saturated rings. The van der Waals surface area contributed by atoms with E-state index in [0.29, 0.717) is 5.69 Å². The van der Waals surface area contributed by atoms with Crippen molar-refractivity contribution < 1.29 is 18.7 Å². The molecule has 0 aliphatic carbocycles. The number of nitrogens with one attached hydrogen (secondary N) is 1. The fraction of sp³-hybridized carbons (Fsp3) is 0.0909. The summed E-state index contributed by atoms with van der Waals surface area (Å²) in [5.74, 6) is -1.77. The molecule has 0 radical (unpaired) electrons. The molecule has 0 saturated carbocycles. The first kappa shape index (κ1) is 20.5. The number of halogens is 1. The molecule has 0 atom stereocenters. The molecule has 3 rings (SSSR count). The Hall–Kier alpha value is -4.25. The van der Waals surface area contributed by atoms with Gasteiger partial charge in [-0.2, -0.15) is 5.26 Å². The average Bonchev–Trinajstić information content (AvgIpc) is 2.78. The number of amides is 1. The van der Waals surface area contributed by atoms with Crippen LogP contribution in [0.5, 0.6) is 0 Å². The van der Waals surface area contributed by atoms with Gasteiger partial charge in [0.1, 0.15) is 23.7 Å². The van der Waals surface area contributed by atoms with Gasteiger partial charge in [-0.15, -0.1) is 0 Å². The number of pyridine rings is 1. The number of aromatic nitrogens is 1. The third kappa shape index (κ3) is 4.97. The van der Waals surface area contributed by atoms with Crippen LogP contribution in [0.15, 0.2) is 72.9 Å². The molecule has 3 aromatic rings. The van der Waals surface area contributed by atoms with Gasteiger partial charge < -0.3 is 10.1 Å². The van der Waals surface area contributed by atoms with Crippen LogP contribution in [0.4, 0.5) is 21.6 Å². The predicted octanol–water partition coefficient (Wildman–Crippen LogP) is 3.68. The molecular formula is C22H17FN4O3. The van der Waals surface area contributed by atoms with E-state index in [0.717, 1.165) is 0 Å². The summed E-state index contributed by atoms with van der Waals surface area (Å²) in [4.78, 5) is 30.3. The van der Waals surface area contributed by atoms with Gasteiger partial charge in [-0.3, -0.25) is 9.69 Å². The molecule has 0 saturated heterocycles. The SMILES string of the molecule is N#CCN(C(=O)COC(=O)c1cccnc1Nc1ccccc1F)c1ccccc1. The van der Waals surface area contributed by atoms with Crippen LogP contribution in [0.25, 0.3) is 0 Å². The minimum Gasteiger partial charge on any atom is -0.452 e. The van der Waals surface area contributed by atoms with Crippen LogP contribution in [0, 0.1) is 17.1 Å². The number of rotatable bonds is 7. The van der Waals surface area contributed by atoms with E-state index in [1.807, 2.05) is 6.07 Å². The number of hydrogen-bond acceptors (Lipinski definition) is 6. The van der Waals surface area contributed by atoms with Crippen molar-refractivity contribution in [3.05, 3.63) is 84.3 Å². The van der Waals surface area contributed by atoms with Crippen molar-refractivity contribution in [1.82, 2.24) is 4.98 Å². The molecule has 1 aromatic heterocycles. The Morgan fingerprint density at radius 2 is 1.80 bits per heavy atom. The molecule has 7 nitrogen and oxygen atoms in total. The maximum absolute atomic E-state index is 13.9. The predicted molar refractivity (Wildman–Crippen MR) is 109 cm³/mol. The molecule has 0 spiro atoms. The van der Waals surface area contributed by atoms with E-state index in [4.69, 9.17) is 10.00 Å². The third-order valence-corrected chi connectivity index (χ3v) is 4.08. The number of ether oxygens (including phenoxy) is 1. The molecule has 0 aliphatic rings. The van der Waals surface area contributed by atoms with Gasteiger partial charge in [0, 0.05) is 11.9 Å². The normalized spacial score (nSPS) is 10.0. The summed E-state index contributed by atoms with van der Waals surface area (Å²) in [5.41, 5.74) is 0.703. The Morgan fingerprint density at radius 3 is 2.53 bits per heavy atom. The number of benzene rings is 2. The highest BCUT2D eigenvalue weighted by molar-refractivity contribution is 5.99. The lowest BCUT2D eigenvalue weighted by atomic mass is 10.2. The Bertz CT molecular complexity index is 1080. The standard InChI is InChI=1S/C22H17FN4O3/c23-18-10-4-5-11-19(18)26-21-17(9-6-13-25-21)22(29)30-15-20(28)27(14-12-24)16-7-2-1-3-8-16/h1-11,13H,14-15H2,(H,25,26). The second kappa shape index (κ2) is 9.80. The van der Waals surface area contributed by atoms with Gasteiger partial charge >= 0.3 is 5.97 Å². The molecule has 150 valence electrons. The summed E-state index contributed by atoms with van der Waals surface area (Å²) >= 11 is 0. The fourth-order valence-electron chi connectivity index (χ4n) is 2.64. The lowest BCUT2D eigenvalue weighted by Crippen LogP contribution is -2.35. The van der Waals surface area contributed by atoms with Gasteiger partial charge in [-0.05, 0) is 36.4 Å². The maximum Gasteiger partial charge on any atom is 0.342 e. The lowest BCUT2D eigenvalue weighted by Gasteiger charge is -2.19. The van der Waals surface area contributed by atoms with Crippen LogP contribution in [0.1, 0.15) is 10.4 Å². The fourth-order valence-corrected chi connectivity index (χ4v) is 2.64. The summed E-state index contributed by atoms with van der Waals surface area (Å²) in [6.07, 6.45) is 1.44. The molecule has 1 amide bonds. The van der Waals surface area contributed by atoms with Crippen LogP contribution < -0.4 is 10.2 Å². The molecule has 0 unspecified atom stereocenters. The van der Waals surface area contributed by atoms with Crippen molar-refractivity contribution in [2.75, 3.05) is 23.4 Å². The molecule has 1 N–H and O–H groups in total. The summed E-state index contributed by atoms with van der Waals surface area (Å²) < 4.78 is 19.0. The van der Waals surface area contributed by atoms with E-state index in [1.54, 1.807) is 42.5 Å². The van der Waals surface area contributed by atoms with E-state index < -0.39 is 24.3 Å². The minimum atomic E-state index is -0.805. The number of hydrogen-bond donors (Lipinski definition) is 1. The van der Waals surface area contributed by atoms with Crippen molar-refractivity contribution in [2.45, 2.75) is 0 Å². The highest BCUT2D eigenvalue weighted by Gasteiger charge is 2.20. The van der Waals surface area contributed by atoms with Gasteiger partial charge in [0.05, 0.1) is 11.8 Å². The topological polar surface area (TPSA) is 95.3 Å². The molecule has 0 bridgehead atoms. The van der Waals surface area contributed by atoms with Crippen molar-refractivity contribution >= 4 is 29.1 Å². The molecule has 1 heterocycles.